The van der Waals surface area contributed by atoms with E-state index in [0.717, 1.165) is 12.1 Å². The molecule has 0 aliphatic rings. The van der Waals surface area contributed by atoms with Crippen LogP contribution in [0.4, 0.5) is 10.1 Å². The lowest BCUT2D eigenvalue weighted by Crippen LogP contribution is -2.12. The molecule has 2 aromatic rings. The van der Waals surface area contributed by atoms with Crippen LogP contribution in [0.15, 0.2) is 24.4 Å². The van der Waals surface area contributed by atoms with Gasteiger partial charge < -0.3 is 9.30 Å². The largest absolute Gasteiger partial charge is 0.464 e. The number of rotatable bonds is 4. The van der Waals surface area contributed by atoms with E-state index in [-0.39, 0.29) is 12.2 Å². The molecule has 110 valence electrons. The molecular formula is C13H12FN3O4. The zero-order valence-corrected chi connectivity index (χ0v) is 11.4. The predicted octanol–water partition coefficient (Wildman–Crippen LogP) is 2.07. The van der Waals surface area contributed by atoms with Crippen LogP contribution in [0.3, 0.4) is 0 Å². The molecular weight excluding hydrogens is 281 g/mol. The highest BCUT2D eigenvalue weighted by Gasteiger charge is 2.17. The summed E-state index contributed by atoms with van der Waals surface area (Å²) in [7, 11) is 1.25. The molecule has 7 nitrogen and oxygen atoms in total. The lowest BCUT2D eigenvalue weighted by molar-refractivity contribution is -0.387. The quantitative estimate of drug-likeness (QED) is 0.489. The van der Waals surface area contributed by atoms with Crippen molar-refractivity contribution in [3.8, 4) is 0 Å². The van der Waals surface area contributed by atoms with Crippen LogP contribution in [0, 0.1) is 22.9 Å². The molecule has 0 amide bonds. The maximum absolute atomic E-state index is 13.6. The Labute approximate surface area is 119 Å². The third kappa shape index (κ3) is 2.88. The van der Waals surface area contributed by atoms with Crippen molar-refractivity contribution in [1.29, 1.82) is 0 Å². The van der Waals surface area contributed by atoms with Crippen LogP contribution in [0.1, 0.15) is 21.9 Å². The van der Waals surface area contributed by atoms with Crippen LogP contribution in [0.25, 0.3) is 0 Å². The second kappa shape index (κ2) is 5.70. The number of nitrogens with zero attached hydrogens (tertiary/aromatic N) is 3. The molecule has 0 N–H and O–H groups in total. The topological polar surface area (TPSA) is 87.3 Å². The zero-order chi connectivity index (χ0) is 15.6. The van der Waals surface area contributed by atoms with Crippen LogP contribution in [-0.2, 0) is 11.3 Å². The smallest absolute Gasteiger partial charge is 0.356 e. The van der Waals surface area contributed by atoms with E-state index in [0.29, 0.717) is 11.4 Å². The van der Waals surface area contributed by atoms with Gasteiger partial charge in [0.15, 0.2) is 0 Å². The van der Waals surface area contributed by atoms with Gasteiger partial charge in [-0.3, -0.25) is 10.1 Å². The van der Waals surface area contributed by atoms with E-state index in [9.17, 15) is 19.3 Å². The second-order valence-corrected chi connectivity index (χ2v) is 4.31. The number of esters is 1. The van der Waals surface area contributed by atoms with Gasteiger partial charge in [0.05, 0.1) is 18.2 Å². The molecule has 0 bridgehead atoms. The van der Waals surface area contributed by atoms with Gasteiger partial charge in [-0.2, -0.15) is 4.39 Å². The van der Waals surface area contributed by atoms with Gasteiger partial charge >= 0.3 is 11.7 Å². The van der Waals surface area contributed by atoms with Crippen LogP contribution in [-0.4, -0.2) is 27.6 Å². The van der Waals surface area contributed by atoms with E-state index in [2.05, 4.69) is 9.72 Å². The number of imidazole rings is 1. The Morgan fingerprint density at radius 3 is 2.81 bits per heavy atom. The number of nitro groups is 1. The average molecular weight is 293 g/mol. The monoisotopic (exact) mass is 293 g/mol. The molecule has 1 aromatic carbocycles. The van der Waals surface area contributed by atoms with Crippen molar-refractivity contribution in [2.75, 3.05) is 7.11 Å². The molecule has 0 saturated heterocycles. The number of methoxy groups -OCH3 is 1. The second-order valence-electron chi connectivity index (χ2n) is 4.31. The molecule has 21 heavy (non-hydrogen) atoms. The van der Waals surface area contributed by atoms with Crippen molar-refractivity contribution in [3.63, 3.8) is 0 Å². The summed E-state index contributed by atoms with van der Waals surface area (Å²) >= 11 is 0. The van der Waals surface area contributed by atoms with E-state index in [1.165, 1.54) is 19.4 Å². The van der Waals surface area contributed by atoms with Gasteiger partial charge in [-0.25, -0.2) is 9.78 Å². The Hall–Kier alpha value is -2.77. The van der Waals surface area contributed by atoms with E-state index in [1.807, 2.05) is 0 Å². The Morgan fingerprint density at radius 1 is 1.52 bits per heavy atom. The highest BCUT2D eigenvalue weighted by atomic mass is 19.1. The molecule has 1 heterocycles. The number of nitro benzene ring substituents is 1. The number of aromatic nitrogens is 2. The maximum Gasteiger partial charge on any atom is 0.356 e. The Bertz CT molecular complexity index is 711. The Balaban J connectivity index is 2.35. The first kappa shape index (κ1) is 14.6. The lowest BCUT2D eigenvalue weighted by Gasteiger charge is -2.09. The van der Waals surface area contributed by atoms with Gasteiger partial charge in [0.1, 0.15) is 11.5 Å². The number of carbonyl (C=O) groups excluding carboxylic acids is 1. The zero-order valence-electron chi connectivity index (χ0n) is 11.4. The van der Waals surface area contributed by atoms with Gasteiger partial charge in [0.2, 0.25) is 5.82 Å². The molecule has 0 spiro atoms. The number of ether oxygens (including phenoxy) is 1. The fourth-order valence-corrected chi connectivity index (χ4v) is 1.91. The first-order chi connectivity index (χ1) is 9.93. The number of aryl methyl sites for hydroxylation is 1. The van der Waals surface area contributed by atoms with Crippen molar-refractivity contribution in [2.24, 2.45) is 0 Å². The minimum Gasteiger partial charge on any atom is -0.464 e. The van der Waals surface area contributed by atoms with Crippen LogP contribution < -0.4 is 0 Å². The van der Waals surface area contributed by atoms with Gasteiger partial charge in [-0.05, 0) is 18.6 Å². The summed E-state index contributed by atoms with van der Waals surface area (Å²) in [6.45, 7) is 1.85. The highest BCUT2D eigenvalue weighted by molar-refractivity contribution is 5.87. The fraction of sp³-hybridized carbons (Fsp3) is 0.231. The molecule has 0 aliphatic carbocycles. The summed E-state index contributed by atoms with van der Waals surface area (Å²) < 4.78 is 19.8. The molecule has 0 radical (unpaired) electrons. The molecule has 0 atom stereocenters. The van der Waals surface area contributed by atoms with Crippen LogP contribution in [0.2, 0.25) is 0 Å². The van der Waals surface area contributed by atoms with E-state index >= 15 is 0 Å². The SMILES string of the molecule is COC(=O)c1cnc(C)n1Cc1ccc([N+](=O)[O-])c(F)c1. The lowest BCUT2D eigenvalue weighted by atomic mass is 10.2. The molecule has 2 rings (SSSR count). The maximum atomic E-state index is 13.6. The summed E-state index contributed by atoms with van der Waals surface area (Å²) in [5, 5.41) is 10.6. The predicted molar refractivity (Wildman–Crippen MR) is 70.5 cm³/mol. The summed E-state index contributed by atoms with van der Waals surface area (Å²) in [6, 6.07) is 3.59. The van der Waals surface area contributed by atoms with Crippen molar-refractivity contribution in [3.05, 3.63) is 57.4 Å². The summed E-state index contributed by atoms with van der Waals surface area (Å²) in [6.07, 6.45) is 1.36. The number of hydrogen-bond acceptors (Lipinski definition) is 5. The van der Waals surface area contributed by atoms with Crippen molar-refractivity contribution < 1.29 is 18.8 Å². The van der Waals surface area contributed by atoms with E-state index in [4.69, 9.17) is 0 Å². The van der Waals surface area contributed by atoms with Gasteiger partial charge in [0, 0.05) is 12.6 Å². The van der Waals surface area contributed by atoms with Crippen molar-refractivity contribution in [1.82, 2.24) is 9.55 Å². The van der Waals surface area contributed by atoms with Crippen molar-refractivity contribution >= 4 is 11.7 Å². The molecule has 0 unspecified atom stereocenters. The summed E-state index contributed by atoms with van der Waals surface area (Å²) in [5.41, 5.74) is 0.118. The molecule has 8 heteroatoms. The number of halogens is 1. The minimum absolute atomic E-state index is 0.158. The standard InChI is InChI=1S/C13H12FN3O4/c1-8-15-6-12(13(18)21-2)16(8)7-9-3-4-11(17(19)20)10(14)5-9/h3-6H,7H2,1-2H3. The Morgan fingerprint density at radius 2 is 2.24 bits per heavy atom. The average Bonchev–Trinajstić information content (AvgIpc) is 2.79. The summed E-state index contributed by atoms with van der Waals surface area (Å²) in [4.78, 5) is 25.4. The normalized spacial score (nSPS) is 10.4. The number of hydrogen-bond donors (Lipinski definition) is 0. The molecule has 0 fully saturated rings. The van der Waals surface area contributed by atoms with Crippen LogP contribution >= 0.6 is 0 Å². The third-order valence-electron chi connectivity index (χ3n) is 3.00. The van der Waals surface area contributed by atoms with Gasteiger partial charge in [-0.15, -0.1) is 0 Å². The van der Waals surface area contributed by atoms with E-state index in [1.54, 1.807) is 11.5 Å². The van der Waals surface area contributed by atoms with Gasteiger partial charge in [0.25, 0.3) is 0 Å². The van der Waals surface area contributed by atoms with E-state index < -0.39 is 22.4 Å². The van der Waals surface area contributed by atoms with Gasteiger partial charge in [-0.1, -0.05) is 6.07 Å². The molecule has 0 saturated carbocycles. The molecule has 1 aromatic heterocycles. The van der Waals surface area contributed by atoms with Crippen LogP contribution in [0.5, 0.6) is 0 Å². The number of benzene rings is 1. The molecule has 0 aliphatic heterocycles. The minimum atomic E-state index is -0.921. The highest BCUT2D eigenvalue weighted by Crippen LogP contribution is 2.19. The fourth-order valence-electron chi connectivity index (χ4n) is 1.91. The Kier molecular flexibility index (Phi) is 3.97. The first-order valence-corrected chi connectivity index (χ1v) is 5.97. The summed E-state index contributed by atoms with van der Waals surface area (Å²) in [5.74, 6) is -0.929. The third-order valence-corrected chi connectivity index (χ3v) is 3.00. The first-order valence-electron chi connectivity index (χ1n) is 5.97. The number of carbonyl (C=O) groups is 1. The van der Waals surface area contributed by atoms with Crippen molar-refractivity contribution in [2.45, 2.75) is 13.5 Å².